The van der Waals surface area contributed by atoms with Gasteiger partial charge in [0.15, 0.2) is 0 Å². The molecular formula is C21H27N3O2. The molecule has 0 aliphatic rings. The van der Waals surface area contributed by atoms with Crippen molar-refractivity contribution < 1.29 is 9.59 Å². The van der Waals surface area contributed by atoms with Gasteiger partial charge in [-0.1, -0.05) is 43.7 Å². The molecule has 5 heteroatoms. The van der Waals surface area contributed by atoms with Gasteiger partial charge in [0.25, 0.3) is 0 Å². The Kier molecular flexibility index (Phi) is 6.52. The molecule has 2 amide bonds. The molecule has 138 valence electrons. The molecule has 2 rings (SSSR count). The highest BCUT2D eigenvalue weighted by molar-refractivity contribution is 5.98. The van der Waals surface area contributed by atoms with Crippen molar-refractivity contribution in [2.24, 2.45) is 5.73 Å². The first kappa shape index (κ1) is 19.7. The molecule has 0 aromatic heterocycles. The van der Waals surface area contributed by atoms with E-state index in [0.717, 1.165) is 17.7 Å². The predicted molar refractivity (Wildman–Crippen MR) is 106 cm³/mol. The number of hydrogen-bond donors (Lipinski definition) is 2. The minimum atomic E-state index is -0.887. The lowest BCUT2D eigenvalue weighted by molar-refractivity contribution is -0.121. The summed E-state index contributed by atoms with van der Waals surface area (Å²) in [4.78, 5) is 26.3. The van der Waals surface area contributed by atoms with Gasteiger partial charge in [0.2, 0.25) is 11.8 Å². The number of nitrogens with one attached hydrogen (secondary N) is 1. The van der Waals surface area contributed by atoms with Crippen LogP contribution in [-0.4, -0.2) is 24.4 Å². The first-order valence-electron chi connectivity index (χ1n) is 8.84. The van der Waals surface area contributed by atoms with E-state index in [1.807, 2.05) is 49.4 Å². The molecule has 0 fully saturated rings. The number of para-hydroxylation sites is 1. The molecule has 3 N–H and O–H groups in total. The number of nitrogens with two attached hydrogens (primary N) is 1. The van der Waals surface area contributed by atoms with E-state index in [4.69, 9.17) is 5.73 Å². The van der Waals surface area contributed by atoms with E-state index in [9.17, 15) is 9.59 Å². The Bertz CT molecular complexity index is 740. The molecule has 0 saturated carbocycles. The summed E-state index contributed by atoms with van der Waals surface area (Å²) in [6.45, 7) is 3.73. The Morgan fingerprint density at radius 1 is 1.08 bits per heavy atom. The summed E-state index contributed by atoms with van der Waals surface area (Å²) in [5.74, 6) is -0.197. The van der Waals surface area contributed by atoms with Crippen molar-refractivity contribution in [2.75, 3.05) is 17.3 Å². The Labute approximate surface area is 155 Å². The summed E-state index contributed by atoms with van der Waals surface area (Å²) in [6.07, 6.45) is 1.76. The van der Waals surface area contributed by atoms with Crippen LogP contribution in [0.4, 0.5) is 11.4 Å². The summed E-state index contributed by atoms with van der Waals surface area (Å²) in [7, 11) is 1.77. The first-order valence-corrected chi connectivity index (χ1v) is 8.84. The third-order valence-corrected chi connectivity index (χ3v) is 4.37. The van der Waals surface area contributed by atoms with Crippen LogP contribution in [-0.2, 0) is 16.0 Å². The third kappa shape index (κ3) is 5.17. The monoisotopic (exact) mass is 353 g/mol. The highest BCUT2D eigenvalue weighted by Gasteiger charge is 2.27. The molecule has 1 atom stereocenters. The second kappa shape index (κ2) is 8.63. The summed E-state index contributed by atoms with van der Waals surface area (Å²) in [5.41, 5.74) is 7.58. The lowest BCUT2D eigenvalue weighted by Crippen LogP contribution is -2.48. The Morgan fingerprint density at radius 3 is 2.27 bits per heavy atom. The van der Waals surface area contributed by atoms with Gasteiger partial charge in [-0.2, -0.15) is 0 Å². The van der Waals surface area contributed by atoms with E-state index < -0.39 is 5.54 Å². The smallest absolute Gasteiger partial charge is 0.244 e. The van der Waals surface area contributed by atoms with Crippen molar-refractivity contribution in [3.8, 4) is 0 Å². The number of nitrogens with zero attached hydrogens (tertiary/aromatic N) is 1. The highest BCUT2D eigenvalue weighted by Crippen LogP contribution is 2.17. The van der Waals surface area contributed by atoms with Crippen LogP contribution in [0.25, 0.3) is 0 Å². The average Bonchev–Trinajstić information content (AvgIpc) is 2.63. The van der Waals surface area contributed by atoms with Crippen LogP contribution < -0.4 is 16.0 Å². The number of likely N-dealkylation sites (N-methyl/N-ethyl adjacent to an activating group) is 1. The number of carbonyl (C=O) groups excluding carboxylic acids is 2. The molecule has 0 spiro atoms. The number of anilines is 2. The maximum Gasteiger partial charge on any atom is 0.244 e. The van der Waals surface area contributed by atoms with E-state index in [1.54, 1.807) is 31.0 Å². The van der Waals surface area contributed by atoms with Crippen molar-refractivity contribution in [1.82, 2.24) is 0 Å². The van der Waals surface area contributed by atoms with Crippen molar-refractivity contribution in [3.63, 3.8) is 0 Å². The molecule has 0 heterocycles. The molecule has 0 saturated heterocycles. The number of amides is 2. The van der Waals surface area contributed by atoms with Gasteiger partial charge in [-0.15, -0.1) is 0 Å². The van der Waals surface area contributed by atoms with Gasteiger partial charge in [-0.3, -0.25) is 9.59 Å². The van der Waals surface area contributed by atoms with E-state index in [-0.39, 0.29) is 11.8 Å². The molecule has 26 heavy (non-hydrogen) atoms. The van der Waals surface area contributed by atoms with Gasteiger partial charge in [-0.05, 0) is 43.2 Å². The number of benzene rings is 2. The number of carbonyl (C=O) groups is 2. The van der Waals surface area contributed by atoms with Crippen LogP contribution in [0.15, 0.2) is 54.6 Å². The second-order valence-electron chi connectivity index (χ2n) is 6.78. The molecule has 5 nitrogen and oxygen atoms in total. The molecule has 0 aliphatic heterocycles. The average molecular weight is 353 g/mol. The molecule has 2 aromatic rings. The fourth-order valence-corrected chi connectivity index (χ4v) is 2.70. The summed E-state index contributed by atoms with van der Waals surface area (Å²) >= 11 is 0. The van der Waals surface area contributed by atoms with Crippen molar-refractivity contribution in [1.29, 1.82) is 0 Å². The predicted octanol–water partition coefficient (Wildman–Crippen LogP) is 3.35. The van der Waals surface area contributed by atoms with Gasteiger partial charge in [0, 0.05) is 18.4 Å². The lowest BCUT2D eigenvalue weighted by atomic mass is 9.96. The maximum atomic E-state index is 12.4. The topological polar surface area (TPSA) is 75.4 Å². The zero-order valence-corrected chi connectivity index (χ0v) is 15.7. The van der Waals surface area contributed by atoms with Crippen LogP contribution in [0.3, 0.4) is 0 Å². The molecule has 0 bridgehead atoms. The molecule has 0 radical (unpaired) electrons. The van der Waals surface area contributed by atoms with Gasteiger partial charge in [0.05, 0.1) is 12.0 Å². The minimum absolute atomic E-state index is 0.00506. The van der Waals surface area contributed by atoms with Crippen molar-refractivity contribution >= 4 is 23.2 Å². The van der Waals surface area contributed by atoms with Crippen LogP contribution in [0.5, 0.6) is 0 Å². The molecular weight excluding hydrogens is 326 g/mol. The molecule has 2 aromatic carbocycles. The zero-order chi connectivity index (χ0) is 19.2. The molecule has 0 aliphatic carbocycles. The maximum absolute atomic E-state index is 12.4. The summed E-state index contributed by atoms with van der Waals surface area (Å²) in [5, 5.41) is 2.84. The van der Waals surface area contributed by atoms with Crippen LogP contribution >= 0.6 is 0 Å². The quantitative estimate of drug-likeness (QED) is 0.801. The Morgan fingerprint density at radius 2 is 1.69 bits per heavy atom. The van der Waals surface area contributed by atoms with Gasteiger partial charge >= 0.3 is 0 Å². The standard InChI is InChI=1S/C21H27N3O2/c1-4-14-21(2,22)20(26)23-17-12-10-16(11-13-17)15-19(25)24(3)18-8-6-5-7-9-18/h5-13H,4,14-15,22H2,1-3H3,(H,23,26). The van der Waals surface area contributed by atoms with Crippen LogP contribution in [0.1, 0.15) is 32.3 Å². The van der Waals surface area contributed by atoms with Gasteiger partial charge in [-0.25, -0.2) is 0 Å². The fourth-order valence-electron chi connectivity index (χ4n) is 2.70. The minimum Gasteiger partial charge on any atom is -0.325 e. The number of rotatable bonds is 7. The van der Waals surface area contributed by atoms with E-state index in [2.05, 4.69) is 5.32 Å². The normalized spacial score (nSPS) is 12.9. The van der Waals surface area contributed by atoms with E-state index >= 15 is 0 Å². The van der Waals surface area contributed by atoms with Crippen LogP contribution in [0, 0.1) is 0 Å². The zero-order valence-electron chi connectivity index (χ0n) is 15.7. The van der Waals surface area contributed by atoms with Gasteiger partial charge < -0.3 is 16.0 Å². The number of hydrogen-bond acceptors (Lipinski definition) is 3. The second-order valence-corrected chi connectivity index (χ2v) is 6.78. The lowest BCUT2D eigenvalue weighted by Gasteiger charge is -2.23. The first-order chi connectivity index (χ1) is 12.3. The Hall–Kier alpha value is -2.66. The Balaban J connectivity index is 1.97. The summed E-state index contributed by atoms with van der Waals surface area (Å²) < 4.78 is 0. The van der Waals surface area contributed by atoms with Crippen LogP contribution in [0.2, 0.25) is 0 Å². The summed E-state index contributed by atoms with van der Waals surface area (Å²) in [6, 6.07) is 16.8. The van der Waals surface area contributed by atoms with E-state index in [0.29, 0.717) is 18.5 Å². The van der Waals surface area contributed by atoms with Crippen molar-refractivity contribution in [3.05, 3.63) is 60.2 Å². The fraction of sp³-hybridized carbons (Fsp3) is 0.333. The highest BCUT2D eigenvalue weighted by atomic mass is 16.2. The largest absolute Gasteiger partial charge is 0.325 e. The third-order valence-electron chi connectivity index (χ3n) is 4.37. The van der Waals surface area contributed by atoms with Crippen molar-refractivity contribution in [2.45, 2.75) is 38.6 Å². The molecule has 1 unspecified atom stereocenters. The van der Waals surface area contributed by atoms with Gasteiger partial charge in [0.1, 0.15) is 0 Å². The SMILES string of the molecule is CCCC(C)(N)C(=O)Nc1ccc(CC(=O)N(C)c2ccccc2)cc1. The van der Waals surface area contributed by atoms with E-state index in [1.165, 1.54) is 0 Å².